The SMILES string of the molecule is CC1CCS(=O)CC(c2cccc(Cl)c2Cl)N1. The van der Waals surface area contributed by atoms with E-state index < -0.39 is 10.8 Å². The summed E-state index contributed by atoms with van der Waals surface area (Å²) in [7, 11) is -0.788. The van der Waals surface area contributed by atoms with Crippen molar-refractivity contribution in [3.8, 4) is 0 Å². The Morgan fingerprint density at radius 2 is 2.18 bits per heavy atom. The molecule has 1 N–H and O–H groups in total. The number of halogens is 2. The van der Waals surface area contributed by atoms with Gasteiger partial charge in [0.25, 0.3) is 0 Å². The van der Waals surface area contributed by atoms with Crippen molar-refractivity contribution in [3.63, 3.8) is 0 Å². The van der Waals surface area contributed by atoms with Gasteiger partial charge in [-0.1, -0.05) is 35.3 Å². The van der Waals surface area contributed by atoms with E-state index in [4.69, 9.17) is 23.2 Å². The zero-order chi connectivity index (χ0) is 12.4. The van der Waals surface area contributed by atoms with Crippen LogP contribution < -0.4 is 5.32 Å². The van der Waals surface area contributed by atoms with Crippen LogP contribution in [0.25, 0.3) is 0 Å². The molecule has 1 fully saturated rings. The predicted molar refractivity (Wildman–Crippen MR) is 74.3 cm³/mol. The van der Waals surface area contributed by atoms with Gasteiger partial charge in [-0.2, -0.15) is 0 Å². The minimum atomic E-state index is -0.788. The highest BCUT2D eigenvalue weighted by Crippen LogP contribution is 2.31. The molecule has 1 aliphatic heterocycles. The first-order chi connectivity index (χ1) is 8.08. The van der Waals surface area contributed by atoms with Crippen LogP contribution in [0.5, 0.6) is 0 Å². The molecule has 0 spiro atoms. The lowest BCUT2D eigenvalue weighted by Gasteiger charge is -2.20. The molecule has 3 atom stereocenters. The fourth-order valence-corrected chi connectivity index (χ4v) is 3.89. The van der Waals surface area contributed by atoms with Crippen molar-refractivity contribution >= 4 is 34.0 Å². The largest absolute Gasteiger partial charge is 0.307 e. The van der Waals surface area contributed by atoms with Crippen LogP contribution in [-0.4, -0.2) is 21.8 Å². The first-order valence-electron chi connectivity index (χ1n) is 5.63. The second-order valence-corrected chi connectivity index (χ2v) is 6.77. The zero-order valence-corrected chi connectivity index (χ0v) is 11.9. The fourth-order valence-electron chi connectivity index (χ4n) is 2.02. The molecule has 3 unspecified atom stereocenters. The number of hydrogen-bond donors (Lipinski definition) is 1. The molecule has 0 radical (unpaired) electrons. The summed E-state index contributed by atoms with van der Waals surface area (Å²) in [4.78, 5) is 0. The third-order valence-electron chi connectivity index (χ3n) is 2.97. The second-order valence-electron chi connectivity index (χ2n) is 4.36. The van der Waals surface area contributed by atoms with Gasteiger partial charge in [-0.3, -0.25) is 4.21 Å². The van der Waals surface area contributed by atoms with Crippen molar-refractivity contribution in [2.45, 2.75) is 25.4 Å². The van der Waals surface area contributed by atoms with E-state index in [1.54, 1.807) is 6.07 Å². The summed E-state index contributed by atoms with van der Waals surface area (Å²) in [6.07, 6.45) is 0.932. The third kappa shape index (κ3) is 3.22. The van der Waals surface area contributed by atoms with Gasteiger partial charge in [-0.25, -0.2) is 0 Å². The van der Waals surface area contributed by atoms with Crippen LogP contribution in [0.3, 0.4) is 0 Å². The van der Waals surface area contributed by atoms with Crippen LogP contribution in [0.4, 0.5) is 0 Å². The lowest BCUT2D eigenvalue weighted by Crippen LogP contribution is -2.30. The highest BCUT2D eigenvalue weighted by Gasteiger charge is 2.23. The van der Waals surface area contributed by atoms with E-state index in [1.807, 2.05) is 12.1 Å². The Balaban J connectivity index is 2.30. The Labute approximate surface area is 114 Å². The molecule has 0 amide bonds. The van der Waals surface area contributed by atoms with Gasteiger partial charge in [-0.05, 0) is 25.0 Å². The number of hydrogen-bond acceptors (Lipinski definition) is 2. The van der Waals surface area contributed by atoms with Crippen molar-refractivity contribution in [1.29, 1.82) is 0 Å². The molecule has 1 saturated heterocycles. The molecule has 1 heterocycles. The molecule has 0 aliphatic carbocycles. The van der Waals surface area contributed by atoms with E-state index >= 15 is 0 Å². The van der Waals surface area contributed by atoms with Crippen molar-refractivity contribution in [2.24, 2.45) is 0 Å². The second kappa shape index (κ2) is 5.70. The van der Waals surface area contributed by atoms with Crippen LogP contribution in [-0.2, 0) is 10.8 Å². The standard InChI is InChI=1S/C12H15Cl2NOS/c1-8-5-6-17(16)7-11(15-8)9-3-2-4-10(13)12(9)14/h2-4,8,11,15H,5-7H2,1H3. The first-order valence-corrected chi connectivity index (χ1v) is 7.87. The van der Waals surface area contributed by atoms with Crippen LogP contribution >= 0.6 is 23.2 Å². The maximum Gasteiger partial charge on any atom is 0.0640 e. The van der Waals surface area contributed by atoms with Gasteiger partial charge in [0.1, 0.15) is 0 Å². The number of benzene rings is 1. The fraction of sp³-hybridized carbons (Fsp3) is 0.500. The highest BCUT2D eigenvalue weighted by atomic mass is 35.5. The lowest BCUT2D eigenvalue weighted by atomic mass is 10.1. The minimum absolute atomic E-state index is 0.0273. The highest BCUT2D eigenvalue weighted by molar-refractivity contribution is 7.85. The summed E-state index contributed by atoms with van der Waals surface area (Å²) in [6, 6.07) is 5.97. The third-order valence-corrected chi connectivity index (χ3v) is 5.20. The smallest absolute Gasteiger partial charge is 0.0640 e. The molecule has 17 heavy (non-hydrogen) atoms. The van der Waals surface area contributed by atoms with Crippen LogP contribution in [0, 0.1) is 0 Å². The van der Waals surface area contributed by atoms with E-state index in [0.717, 1.165) is 17.7 Å². The maximum atomic E-state index is 11.8. The molecule has 1 aromatic carbocycles. The van der Waals surface area contributed by atoms with Gasteiger partial charge >= 0.3 is 0 Å². The van der Waals surface area contributed by atoms with Crippen molar-refractivity contribution in [1.82, 2.24) is 5.32 Å². The van der Waals surface area contributed by atoms with E-state index in [-0.39, 0.29) is 6.04 Å². The molecule has 2 rings (SSSR count). The average molecular weight is 292 g/mol. The summed E-state index contributed by atoms with van der Waals surface area (Å²) in [5, 5.41) is 4.57. The first kappa shape index (κ1) is 13.3. The normalized spacial score (nSPS) is 29.9. The summed E-state index contributed by atoms with van der Waals surface area (Å²) in [5.74, 6) is 1.35. The van der Waals surface area contributed by atoms with Gasteiger partial charge in [-0.15, -0.1) is 0 Å². The quantitative estimate of drug-likeness (QED) is 0.861. The van der Waals surface area contributed by atoms with E-state index in [1.165, 1.54) is 0 Å². The Morgan fingerprint density at radius 3 is 2.94 bits per heavy atom. The van der Waals surface area contributed by atoms with Crippen LogP contribution in [0.1, 0.15) is 24.9 Å². The molecule has 0 bridgehead atoms. The van der Waals surface area contributed by atoms with Crippen molar-refractivity contribution in [2.75, 3.05) is 11.5 Å². The molecular formula is C12H15Cl2NOS. The molecular weight excluding hydrogens is 277 g/mol. The minimum Gasteiger partial charge on any atom is -0.307 e. The van der Waals surface area contributed by atoms with Gasteiger partial charge < -0.3 is 5.32 Å². The van der Waals surface area contributed by atoms with Crippen molar-refractivity contribution in [3.05, 3.63) is 33.8 Å². The Hall–Kier alpha value is -0.0900. The van der Waals surface area contributed by atoms with Crippen molar-refractivity contribution < 1.29 is 4.21 Å². The molecule has 1 aliphatic rings. The average Bonchev–Trinajstić information content (AvgIpc) is 2.45. The summed E-state index contributed by atoms with van der Waals surface area (Å²) in [5.41, 5.74) is 0.946. The van der Waals surface area contributed by atoms with Gasteiger partial charge in [0.15, 0.2) is 0 Å². The predicted octanol–water partition coefficient (Wildman–Crippen LogP) is 3.17. The van der Waals surface area contributed by atoms with Crippen LogP contribution in [0.15, 0.2) is 18.2 Å². The van der Waals surface area contributed by atoms with E-state index in [2.05, 4.69) is 12.2 Å². The molecule has 0 aromatic heterocycles. The summed E-state index contributed by atoms with van der Waals surface area (Å²) >= 11 is 12.2. The molecule has 5 heteroatoms. The lowest BCUT2D eigenvalue weighted by molar-refractivity contribution is 0.485. The molecule has 2 nitrogen and oxygen atoms in total. The Bertz CT molecular complexity index is 439. The molecule has 94 valence electrons. The van der Waals surface area contributed by atoms with E-state index in [0.29, 0.717) is 21.8 Å². The molecule has 0 saturated carbocycles. The monoisotopic (exact) mass is 291 g/mol. The summed E-state index contributed by atoms with van der Waals surface area (Å²) in [6.45, 7) is 2.11. The summed E-state index contributed by atoms with van der Waals surface area (Å²) < 4.78 is 11.8. The topological polar surface area (TPSA) is 29.1 Å². The van der Waals surface area contributed by atoms with Gasteiger partial charge in [0.2, 0.25) is 0 Å². The maximum absolute atomic E-state index is 11.8. The zero-order valence-electron chi connectivity index (χ0n) is 9.58. The molecule has 1 aromatic rings. The van der Waals surface area contributed by atoms with Crippen LogP contribution in [0.2, 0.25) is 10.0 Å². The van der Waals surface area contributed by atoms with Gasteiger partial charge in [0.05, 0.1) is 10.0 Å². The van der Waals surface area contributed by atoms with Gasteiger partial charge in [0, 0.05) is 34.4 Å². The Morgan fingerprint density at radius 1 is 1.41 bits per heavy atom. The number of rotatable bonds is 1. The Kier molecular flexibility index (Phi) is 4.47. The van der Waals surface area contributed by atoms with E-state index in [9.17, 15) is 4.21 Å². The number of nitrogens with one attached hydrogen (secondary N) is 1.